The number of hydrogen-bond donors (Lipinski definition) is 2. The molecule has 2 atom stereocenters. The van der Waals surface area contributed by atoms with E-state index < -0.39 is 0 Å². The molecule has 0 aliphatic carbocycles. The Hall–Kier alpha value is -3.18. The average molecular weight is 430 g/mol. The van der Waals surface area contributed by atoms with Gasteiger partial charge in [0.2, 0.25) is 0 Å². The van der Waals surface area contributed by atoms with E-state index in [2.05, 4.69) is 46.8 Å². The van der Waals surface area contributed by atoms with Crippen LogP contribution >= 0.6 is 0 Å². The molecular weight excluding hydrogens is 398 g/mol. The van der Waals surface area contributed by atoms with Crippen molar-refractivity contribution in [3.8, 4) is 5.75 Å². The van der Waals surface area contributed by atoms with E-state index in [-0.39, 0.29) is 11.9 Å². The number of benzene rings is 2. The molecule has 4 rings (SSSR count). The number of aromatic nitrogens is 1. The Balaban J connectivity index is 1.55. The molecule has 0 radical (unpaired) electrons. The predicted octanol–water partition coefficient (Wildman–Crippen LogP) is 5.44. The Bertz CT molecular complexity index is 1080. The highest BCUT2D eigenvalue weighted by Gasteiger charge is 2.27. The van der Waals surface area contributed by atoms with Crippen LogP contribution < -0.4 is 15.4 Å². The molecule has 0 unspecified atom stereocenters. The van der Waals surface area contributed by atoms with Gasteiger partial charge in [0.05, 0.1) is 13.2 Å². The van der Waals surface area contributed by atoms with Gasteiger partial charge in [-0.3, -0.25) is 9.78 Å². The largest absolute Gasteiger partial charge is 0.497 e. The Morgan fingerprint density at radius 2 is 1.97 bits per heavy atom. The molecule has 5 nitrogen and oxygen atoms in total. The number of fused-ring (bicyclic) bond motifs is 1. The number of unbranched alkanes of at least 4 members (excludes halogenated alkanes) is 1. The van der Waals surface area contributed by atoms with Gasteiger partial charge in [-0.05, 0) is 72.9 Å². The molecule has 166 valence electrons. The smallest absolute Gasteiger partial charge is 0.255 e. The SMILES string of the molecule is CCCC[C@H]1Cc2cc(OC)ccc2[C@H](c2ccc(NC(=O)c3ccnc(C)c3)cc2)N1. The van der Waals surface area contributed by atoms with Gasteiger partial charge in [0.15, 0.2) is 0 Å². The minimum absolute atomic E-state index is 0.124. The minimum atomic E-state index is -0.129. The van der Waals surface area contributed by atoms with Gasteiger partial charge in [-0.1, -0.05) is 38.0 Å². The van der Waals surface area contributed by atoms with Crippen molar-refractivity contribution < 1.29 is 9.53 Å². The molecule has 0 saturated heterocycles. The number of nitrogens with one attached hydrogen (secondary N) is 2. The van der Waals surface area contributed by atoms with Gasteiger partial charge in [0.25, 0.3) is 5.91 Å². The molecule has 0 fully saturated rings. The van der Waals surface area contributed by atoms with E-state index in [1.54, 1.807) is 25.4 Å². The fraction of sp³-hybridized carbons (Fsp3) is 0.333. The van der Waals surface area contributed by atoms with Crippen molar-refractivity contribution in [2.24, 2.45) is 0 Å². The zero-order valence-corrected chi connectivity index (χ0v) is 19.0. The number of rotatable bonds is 7. The van der Waals surface area contributed by atoms with Crippen LogP contribution in [0.2, 0.25) is 0 Å². The monoisotopic (exact) mass is 429 g/mol. The summed E-state index contributed by atoms with van der Waals surface area (Å²) in [5, 5.41) is 6.84. The fourth-order valence-corrected chi connectivity index (χ4v) is 4.38. The zero-order chi connectivity index (χ0) is 22.5. The van der Waals surface area contributed by atoms with Crippen LogP contribution in [0.1, 0.15) is 65.0 Å². The number of amides is 1. The van der Waals surface area contributed by atoms with Crippen molar-refractivity contribution in [3.05, 3.63) is 88.7 Å². The van der Waals surface area contributed by atoms with Gasteiger partial charge in [-0.25, -0.2) is 0 Å². The summed E-state index contributed by atoms with van der Waals surface area (Å²) in [6.45, 7) is 4.11. The molecule has 0 saturated carbocycles. The molecular formula is C27H31N3O2. The lowest BCUT2D eigenvalue weighted by Gasteiger charge is -2.34. The number of pyridine rings is 1. The van der Waals surface area contributed by atoms with Gasteiger partial charge < -0.3 is 15.4 Å². The molecule has 1 amide bonds. The first-order valence-corrected chi connectivity index (χ1v) is 11.3. The maximum absolute atomic E-state index is 12.6. The van der Waals surface area contributed by atoms with Crippen molar-refractivity contribution >= 4 is 11.6 Å². The predicted molar refractivity (Wildman–Crippen MR) is 128 cm³/mol. The van der Waals surface area contributed by atoms with E-state index in [0.29, 0.717) is 11.6 Å². The van der Waals surface area contributed by atoms with Crippen LogP contribution in [0, 0.1) is 6.92 Å². The van der Waals surface area contributed by atoms with E-state index in [4.69, 9.17) is 4.74 Å². The van der Waals surface area contributed by atoms with Crippen LogP contribution in [0.5, 0.6) is 5.75 Å². The molecule has 2 N–H and O–H groups in total. The maximum atomic E-state index is 12.6. The summed E-state index contributed by atoms with van der Waals surface area (Å²) >= 11 is 0. The summed E-state index contributed by atoms with van der Waals surface area (Å²) in [4.78, 5) is 16.7. The van der Waals surface area contributed by atoms with E-state index >= 15 is 0 Å². The van der Waals surface area contributed by atoms with Crippen LogP contribution in [0.3, 0.4) is 0 Å². The molecule has 1 aromatic heterocycles. The van der Waals surface area contributed by atoms with Crippen LogP contribution in [0.15, 0.2) is 60.8 Å². The highest BCUT2D eigenvalue weighted by atomic mass is 16.5. The van der Waals surface area contributed by atoms with Crippen molar-refractivity contribution in [2.45, 2.75) is 51.6 Å². The molecule has 5 heteroatoms. The Kier molecular flexibility index (Phi) is 6.86. The Morgan fingerprint density at radius 1 is 1.16 bits per heavy atom. The first kappa shape index (κ1) is 22.0. The van der Waals surface area contributed by atoms with Gasteiger partial charge in [-0.15, -0.1) is 0 Å². The number of methoxy groups -OCH3 is 1. The molecule has 3 aromatic rings. The maximum Gasteiger partial charge on any atom is 0.255 e. The topological polar surface area (TPSA) is 63.2 Å². The molecule has 0 spiro atoms. The lowest BCUT2D eigenvalue weighted by Crippen LogP contribution is -2.40. The van der Waals surface area contributed by atoms with Crippen LogP contribution in [-0.4, -0.2) is 24.0 Å². The van der Waals surface area contributed by atoms with Crippen LogP contribution in [0.25, 0.3) is 0 Å². The van der Waals surface area contributed by atoms with Gasteiger partial charge >= 0.3 is 0 Å². The van der Waals surface area contributed by atoms with Crippen molar-refractivity contribution in [1.29, 1.82) is 0 Å². The summed E-state index contributed by atoms with van der Waals surface area (Å²) in [7, 11) is 1.72. The third-order valence-electron chi connectivity index (χ3n) is 6.10. The Labute approximate surface area is 190 Å². The van der Waals surface area contributed by atoms with Crippen molar-refractivity contribution in [3.63, 3.8) is 0 Å². The second kappa shape index (κ2) is 9.96. The lowest BCUT2D eigenvalue weighted by molar-refractivity contribution is 0.102. The highest BCUT2D eigenvalue weighted by Crippen LogP contribution is 2.34. The third kappa shape index (κ3) is 5.00. The summed E-state index contributed by atoms with van der Waals surface area (Å²) in [6.07, 6.45) is 6.23. The quantitative estimate of drug-likeness (QED) is 0.525. The lowest BCUT2D eigenvalue weighted by atomic mass is 9.85. The number of carbonyl (C=O) groups is 1. The van der Waals surface area contributed by atoms with Crippen LogP contribution in [-0.2, 0) is 6.42 Å². The minimum Gasteiger partial charge on any atom is -0.497 e. The summed E-state index contributed by atoms with van der Waals surface area (Å²) in [5.74, 6) is 0.777. The number of hydrogen-bond acceptors (Lipinski definition) is 4. The highest BCUT2D eigenvalue weighted by molar-refractivity contribution is 6.04. The van der Waals surface area contributed by atoms with Gasteiger partial charge in [0, 0.05) is 29.2 Å². The van der Waals surface area contributed by atoms with Crippen molar-refractivity contribution in [1.82, 2.24) is 10.3 Å². The number of ether oxygens (including phenoxy) is 1. The van der Waals surface area contributed by atoms with Gasteiger partial charge in [0.1, 0.15) is 5.75 Å². The normalized spacial score (nSPS) is 17.5. The molecule has 32 heavy (non-hydrogen) atoms. The summed E-state index contributed by atoms with van der Waals surface area (Å²) < 4.78 is 5.47. The van der Waals surface area contributed by atoms with E-state index in [9.17, 15) is 4.79 Å². The second-order valence-electron chi connectivity index (χ2n) is 8.47. The molecule has 0 bridgehead atoms. The molecule has 2 aromatic carbocycles. The fourth-order valence-electron chi connectivity index (χ4n) is 4.38. The molecule has 2 heterocycles. The first-order chi connectivity index (χ1) is 15.6. The van der Waals surface area contributed by atoms with E-state index in [1.807, 2.05) is 25.1 Å². The van der Waals surface area contributed by atoms with E-state index in [1.165, 1.54) is 29.5 Å². The molecule has 1 aliphatic rings. The Morgan fingerprint density at radius 3 is 2.69 bits per heavy atom. The number of carbonyl (C=O) groups excluding carboxylic acids is 1. The zero-order valence-electron chi connectivity index (χ0n) is 19.0. The summed E-state index contributed by atoms with van der Waals surface area (Å²) in [5.41, 5.74) is 6.04. The summed E-state index contributed by atoms with van der Waals surface area (Å²) in [6, 6.07) is 18.6. The number of aryl methyl sites for hydroxylation is 1. The number of nitrogens with zero attached hydrogens (tertiary/aromatic N) is 1. The van der Waals surface area contributed by atoms with Crippen molar-refractivity contribution in [2.75, 3.05) is 12.4 Å². The molecule has 1 aliphatic heterocycles. The van der Waals surface area contributed by atoms with Crippen LogP contribution in [0.4, 0.5) is 5.69 Å². The standard InChI is InChI=1S/C27H31N3O2/c1-4-5-6-23-16-21-17-24(32-3)11-12-25(21)26(29-23)19-7-9-22(10-8-19)30-27(31)20-13-14-28-18(2)15-20/h7-15,17,23,26,29H,4-6,16H2,1-3H3,(H,30,31)/t23-,26-/m0/s1. The van der Waals surface area contributed by atoms with Gasteiger partial charge in [-0.2, -0.15) is 0 Å². The number of anilines is 1. The third-order valence-corrected chi connectivity index (χ3v) is 6.10. The average Bonchev–Trinajstić information content (AvgIpc) is 2.82. The second-order valence-corrected chi connectivity index (χ2v) is 8.47. The first-order valence-electron chi connectivity index (χ1n) is 11.3. The van der Waals surface area contributed by atoms with E-state index in [0.717, 1.165) is 30.0 Å².